The molecule has 0 spiro atoms. The number of carbonyl (C=O) groups excluding carboxylic acids is 1. The van der Waals surface area contributed by atoms with Gasteiger partial charge in [-0.05, 0) is 30.7 Å². The Hall–Kier alpha value is -3.72. The number of aromatic nitrogens is 2. The molecule has 0 bridgehead atoms. The van der Waals surface area contributed by atoms with Crippen LogP contribution in [0.2, 0.25) is 5.02 Å². The molecule has 2 aromatic carbocycles. The average molecular weight is 428 g/mol. The van der Waals surface area contributed by atoms with Crippen molar-refractivity contribution in [3.8, 4) is 0 Å². The van der Waals surface area contributed by atoms with Gasteiger partial charge in [0.05, 0.1) is 22.8 Å². The summed E-state index contributed by atoms with van der Waals surface area (Å²) in [7, 11) is 0. The molecule has 0 radical (unpaired) electrons. The van der Waals surface area contributed by atoms with Crippen molar-refractivity contribution in [3.63, 3.8) is 0 Å². The highest BCUT2D eigenvalue weighted by molar-refractivity contribution is 6.31. The number of para-hydroxylation sites is 1. The first kappa shape index (κ1) is 21.0. The summed E-state index contributed by atoms with van der Waals surface area (Å²) in [5.41, 5.74) is 0.963. The van der Waals surface area contributed by atoms with Crippen molar-refractivity contribution >= 4 is 40.6 Å². The molecule has 0 aliphatic carbocycles. The van der Waals surface area contributed by atoms with E-state index in [1.807, 2.05) is 6.07 Å². The van der Waals surface area contributed by atoms with Gasteiger partial charge in [0.1, 0.15) is 6.33 Å². The van der Waals surface area contributed by atoms with Crippen LogP contribution in [0.15, 0.2) is 54.9 Å². The van der Waals surface area contributed by atoms with Gasteiger partial charge in [-0.1, -0.05) is 41.9 Å². The maximum absolute atomic E-state index is 12.2. The van der Waals surface area contributed by atoms with Gasteiger partial charge in [0, 0.05) is 11.6 Å². The molecule has 2 N–H and O–H groups in total. The molecule has 154 valence electrons. The van der Waals surface area contributed by atoms with Crippen LogP contribution in [-0.4, -0.2) is 27.5 Å². The van der Waals surface area contributed by atoms with E-state index in [0.717, 1.165) is 5.56 Å². The quantitative estimate of drug-likeness (QED) is 0.305. The third kappa shape index (κ3) is 4.81. The van der Waals surface area contributed by atoms with Crippen molar-refractivity contribution in [1.29, 1.82) is 0 Å². The lowest BCUT2D eigenvalue weighted by Crippen LogP contribution is -2.11. The Kier molecular flexibility index (Phi) is 6.76. The highest BCUT2D eigenvalue weighted by Crippen LogP contribution is 2.32. The van der Waals surface area contributed by atoms with Crippen molar-refractivity contribution in [1.82, 2.24) is 9.97 Å². The molecule has 0 atom stereocenters. The second kappa shape index (κ2) is 9.66. The molecule has 1 aromatic heterocycles. The molecule has 0 unspecified atom stereocenters. The van der Waals surface area contributed by atoms with Gasteiger partial charge < -0.3 is 15.4 Å². The number of carbonyl (C=O) groups is 1. The zero-order valence-corrected chi connectivity index (χ0v) is 16.7. The first-order chi connectivity index (χ1) is 14.5. The fourth-order valence-electron chi connectivity index (χ4n) is 2.70. The number of benzene rings is 2. The molecule has 0 saturated heterocycles. The van der Waals surface area contributed by atoms with E-state index in [-0.39, 0.29) is 36.0 Å². The predicted molar refractivity (Wildman–Crippen MR) is 113 cm³/mol. The number of nitro groups is 1. The van der Waals surface area contributed by atoms with Crippen molar-refractivity contribution < 1.29 is 14.5 Å². The third-order valence-electron chi connectivity index (χ3n) is 4.08. The SMILES string of the molecule is CCOC(=O)c1ccccc1Nc1ncnc(NCc2ccccc2Cl)c1[N+](=O)[O-]. The summed E-state index contributed by atoms with van der Waals surface area (Å²) in [4.78, 5) is 31.3. The summed E-state index contributed by atoms with van der Waals surface area (Å²) in [5.74, 6) is -0.589. The summed E-state index contributed by atoms with van der Waals surface area (Å²) in [5, 5.41) is 18.1. The van der Waals surface area contributed by atoms with E-state index in [2.05, 4.69) is 20.6 Å². The molecule has 3 aromatic rings. The monoisotopic (exact) mass is 427 g/mol. The second-order valence-corrected chi connectivity index (χ2v) is 6.42. The van der Waals surface area contributed by atoms with Crippen LogP contribution in [-0.2, 0) is 11.3 Å². The molecule has 3 rings (SSSR count). The molecular weight excluding hydrogens is 410 g/mol. The van der Waals surface area contributed by atoms with Gasteiger partial charge in [-0.15, -0.1) is 0 Å². The predicted octanol–water partition coefficient (Wildman–Crippen LogP) is 4.57. The number of nitrogens with one attached hydrogen (secondary N) is 2. The molecule has 0 fully saturated rings. The van der Waals surface area contributed by atoms with Crippen molar-refractivity contribution in [2.75, 3.05) is 17.2 Å². The zero-order chi connectivity index (χ0) is 21.5. The topological polar surface area (TPSA) is 119 Å². The number of halogens is 1. The third-order valence-corrected chi connectivity index (χ3v) is 4.45. The molecule has 0 aliphatic heterocycles. The number of anilines is 3. The molecule has 0 aliphatic rings. The highest BCUT2D eigenvalue weighted by atomic mass is 35.5. The smallest absolute Gasteiger partial charge is 0.353 e. The lowest BCUT2D eigenvalue weighted by Gasteiger charge is -2.13. The molecule has 10 heteroatoms. The summed E-state index contributed by atoms with van der Waals surface area (Å²) < 4.78 is 5.04. The fourth-order valence-corrected chi connectivity index (χ4v) is 2.90. The summed E-state index contributed by atoms with van der Waals surface area (Å²) in [6.07, 6.45) is 1.19. The van der Waals surface area contributed by atoms with Gasteiger partial charge >= 0.3 is 11.7 Å². The Labute approximate surface area is 177 Å². The van der Waals surface area contributed by atoms with E-state index in [1.54, 1.807) is 49.4 Å². The van der Waals surface area contributed by atoms with Gasteiger partial charge in [0.15, 0.2) is 0 Å². The van der Waals surface area contributed by atoms with Crippen LogP contribution in [0.1, 0.15) is 22.8 Å². The number of rotatable bonds is 8. The lowest BCUT2D eigenvalue weighted by molar-refractivity contribution is -0.383. The Balaban J connectivity index is 1.92. The van der Waals surface area contributed by atoms with Crippen LogP contribution < -0.4 is 10.6 Å². The molecule has 30 heavy (non-hydrogen) atoms. The van der Waals surface area contributed by atoms with Crippen molar-refractivity contribution in [2.24, 2.45) is 0 Å². The van der Waals surface area contributed by atoms with E-state index in [4.69, 9.17) is 16.3 Å². The van der Waals surface area contributed by atoms with E-state index < -0.39 is 10.9 Å². The summed E-state index contributed by atoms with van der Waals surface area (Å²) in [6.45, 7) is 2.13. The maximum atomic E-state index is 12.2. The Bertz CT molecular complexity index is 1080. The van der Waals surface area contributed by atoms with E-state index in [9.17, 15) is 14.9 Å². The first-order valence-corrected chi connectivity index (χ1v) is 9.39. The minimum atomic E-state index is -0.593. The Morgan fingerprint density at radius 3 is 2.57 bits per heavy atom. The van der Waals surface area contributed by atoms with Crippen molar-refractivity contribution in [3.05, 3.63) is 81.1 Å². The van der Waals surface area contributed by atoms with Gasteiger partial charge in [-0.2, -0.15) is 0 Å². The van der Waals surface area contributed by atoms with E-state index in [1.165, 1.54) is 6.33 Å². The Morgan fingerprint density at radius 2 is 1.83 bits per heavy atom. The van der Waals surface area contributed by atoms with Crippen molar-refractivity contribution in [2.45, 2.75) is 13.5 Å². The van der Waals surface area contributed by atoms with Crippen LogP contribution in [0.4, 0.5) is 23.0 Å². The van der Waals surface area contributed by atoms with Gasteiger partial charge in [-0.25, -0.2) is 14.8 Å². The number of esters is 1. The van der Waals surface area contributed by atoms with Crippen LogP contribution in [0.3, 0.4) is 0 Å². The molecular formula is C20H18ClN5O4. The normalized spacial score (nSPS) is 10.3. The van der Waals surface area contributed by atoms with E-state index in [0.29, 0.717) is 10.7 Å². The van der Waals surface area contributed by atoms with E-state index >= 15 is 0 Å². The molecule has 0 saturated carbocycles. The summed E-state index contributed by atoms with van der Waals surface area (Å²) >= 11 is 6.14. The van der Waals surface area contributed by atoms with Crippen LogP contribution in [0.5, 0.6) is 0 Å². The lowest BCUT2D eigenvalue weighted by atomic mass is 10.1. The maximum Gasteiger partial charge on any atom is 0.353 e. The highest BCUT2D eigenvalue weighted by Gasteiger charge is 2.24. The largest absolute Gasteiger partial charge is 0.462 e. The standard InChI is InChI=1S/C20H18ClN5O4/c1-2-30-20(27)14-8-4-6-10-16(14)25-19-17(26(28)29)18(23-12-24-19)22-11-13-7-3-5-9-15(13)21/h3-10,12H,2,11H2,1H3,(H2,22,23,24,25). The minimum Gasteiger partial charge on any atom is -0.462 e. The number of hydrogen-bond acceptors (Lipinski definition) is 8. The number of ether oxygens (including phenoxy) is 1. The second-order valence-electron chi connectivity index (χ2n) is 6.01. The van der Waals surface area contributed by atoms with Crippen LogP contribution in [0, 0.1) is 10.1 Å². The molecule has 9 nitrogen and oxygen atoms in total. The average Bonchev–Trinajstić information content (AvgIpc) is 2.73. The zero-order valence-electron chi connectivity index (χ0n) is 16.0. The van der Waals surface area contributed by atoms with Gasteiger partial charge in [0.25, 0.3) is 0 Å². The number of nitrogens with zero attached hydrogens (tertiary/aromatic N) is 3. The van der Waals surface area contributed by atoms with Crippen LogP contribution >= 0.6 is 11.6 Å². The number of hydrogen-bond donors (Lipinski definition) is 2. The fraction of sp³-hybridized carbons (Fsp3) is 0.150. The van der Waals surface area contributed by atoms with Crippen LogP contribution in [0.25, 0.3) is 0 Å². The molecule has 0 amide bonds. The van der Waals surface area contributed by atoms with Gasteiger partial charge in [-0.3, -0.25) is 10.1 Å². The minimum absolute atomic E-state index is 0.0195. The van der Waals surface area contributed by atoms with Gasteiger partial charge in [0.2, 0.25) is 11.6 Å². The Morgan fingerprint density at radius 1 is 1.13 bits per heavy atom. The first-order valence-electron chi connectivity index (χ1n) is 9.01. The molecule has 1 heterocycles. The summed E-state index contributed by atoms with van der Waals surface area (Å²) in [6, 6.07) is 13.7.